The molecule has 0 radical (unpaired) electrons. The Hall–Kier alpha value is -2.17. The summed E-state index contributed by atoms with van der Waals surface area (Å²) in [6.07, 6.45) is 0. The van der Waals surface area contributed by atoms with Gasteiger partial charge in [0.25, 0.3) is 5.91 Å². The summed E-state index contributed by atoms with van der Waals surface area (Å²) in [6.45, 7) is 0.593. The molecular weight excluding hydrogens is 304 g/mol. The van der Waals surface area contributed by atoms with Crippen molar-refractivity contribution in [2.75, 3.05) is 20.6 Å². The zero-order chi connectivity index (χ0) is 16.2. The van der Waals surface area contributed by atoms with Gasteiger partial charge in [0, 0.05) is 12.1 Å². The van der Waals surface area contributed by atoms with Crippen LogP contribution in [0, 0.1) is 0 Å². The van der Waals surface area contributed by atoms with Gasteiger partial charge >= 0.3 is 0 Å². The van der Waals surface area contributed by atoms with Crippen molar-refractivity contribution in [3.63, 3.8) is 0 Å². The number of rotatable bonds is 5. The molecule has 23 heavy (non-hydrogen) atoms. The standard InChI is InChI=1S/C19H20N2OS/c1-21(2)18(17-9-10-23-13-17)12-20-19(22)16-8-7-14-5-3-4-6-15(14)11-16/h3-11,13,18H,12H2,1-2H3,(H,20,22)/t18-/m1/s1. The third-order valence-electron chi connectivity index (χ3n) is 4.02. The number of nitrogens with one attached hydrogen (secondary N) is 1. The van der Waals surface area contributed by atoms with Crippen LogP contribution >= 0.6 is 11.3 Å². The Morgan fingerprint density at radius 2 is 1.91 bits per heavy atom. The number of carbonyl (C=O) groups is 1. The fraction of sp³-hybridized carbons (Fsp3) is 0.211. The van der Waals surface area contributed by atoms with Crippen LogP contribution in [0.4, 0.5) is 0 Å². The van der Waals surface area contributed by atoms with Crippen molar-refractivity contribution in [3.05, 3.63) is 70.4 Å². The van der Waals surface area contributed by atoms with Crippen molar-refractivity contribution in [2.24, 2.45) is 0 Å². The maximum absolute atomic E-state index is 12.5. The second-order valence-electron chi connectivity index (χ2n) is 5.81. The number of amides is 1. The lowest BCUT2D eigenvalue weighted by molar-refractivity contribution is 0.0942. The van der Waals surface area contributed by atoms with Crippen LogP contribution in [0.5, 0.6) is 0 Å². The number of benzene rings is 2. The first-order chi connectivity index (χ1) is 11.1. The maximum atomic E-state index is 12.5. The summed E-state index contributed by atoms with van der Waals surface area (Å²) < 4.78 is 0. The van der Waals surface area contributed by atoms with Crippen LogP contribution < -0.4 is 5.32 Å². The van der Waals surface area contributed by atoms with E-state index in [2.05, 4.69) is 33.1 Å². The van der Waals surface area contributed by atoms with Gasteiger partial charge in [0.2, 0.25) is 0 Å². The molecule has 4 heteroatoms. The topological polar surface area (TPSA) is 32.3 Å². The van der Waals surface area contributed by atoms with E-state index in [1.54, 1.807) is 11.3 Å². The van der Waals surface area contributed by atoms with Crippen LogP contribution in [0.3, 0.4) is 0 Å². The lowest BCUT2D eigenvalue weighted by atomic mass is 10.1. The molecule has 0 spiro atoms. The minimum atomic E-state index is -0.0298. The number of fused-ring (bicyclic) bond motifs is 1. The monoisotopic (exact) mass is 324 g/mol. The van der Waals surface area contributed by atoms with Gasteiger partial charge in [-0.05, 0) is 59.4 Å². The van der Waals surface area contributed by atoms with Gasteiger partial charge in [0.1, 0.15) is 0 Å². The fourth-order valence-corrected chi connectivity index (χ4v) is 3.39. The van der Waals surface area contributed by atoms with Crippen molar-refractivity contribution in [1.29, 1.82) is 0 Å². The molecule has 3 nitrogen and oxygen atoms in total. The van der Waals surface area contributed by atoms with E-state index in [1.807, 2.05) is 50.5 Å². The predicted molar refractivity (Wildman–Crippen MR) is 97.0 cm³/mol. The van der Waals surface area contributed by atoms with Crippen LogP contribution in [0.2, 0.25) is 0 Å². The average molecular weight is 324 g/mol. The minimum Gasteiger partial charge on any atom is -0.350 e. The summed E-state index contributed by atoms with van der Waals surface area (Å²) in [7, 11) is 4.06. The molecule has 118 valence electrons. The maximum Gasteiger partial charge on any atom is 0.251 e. The second-order valence-corrected chi connectivity index (χ2v) is 6.59. The largest absolute Gasteiger partial charge is 0.350 e. The summed E-state index contributed by atoms with van der Waals surface area (Å²) in [5.74, 6) is -0.0298. The first-order valence-electron chi connectivity index (χ1n) is 7.60. The summed E-state index contributed by atoms with van der Waals surface area (Å²) in [4.78, 5) is 14.6. The zero-order valence-corrected chi connectivity index (χ0v) is 14.1. The third kappa shape index (κ3) is 3.60. The Labute approximate surface area is 140 Å². The van der Waals surface area contributed by atoms with Crippen LogP contribution in [-0.4, -0.2) is 31.4 Å². The van der Waals surface area contributed by atoms with Gasteiger partial charge < -0.3 is 10.2 Å². The molecule has 0 unspecified atom stereocenters. The van der Waals surface area contributed by atoms with Crippen molar-refractivity contribution in [3.8, 4) is 0 Å². The highest BCUT2D eigenvalue weighted by atomic mass is 32.1. The number of thiophene rings is 1. The molecule has 1 atom stereocenters. The van der Waals surface area contributed by atoms with Gasteiger partial charge in [-0.1, -0.05) is 30.3 Å². The van der Waals surface area contributed by atoms with Gasteiger partial charge in [-0.25, -0.2) is 0 Å². The van der Waals surface area contributed by atoms with E-state index in [9.17, 15) is 4.79 Å². The number of hydrogen-bond acceptors (Lipinski definition) is 3. The quantitative estimate of drug-likeness (QED) is 0.771. The molecule has 0 bridgehead atoms. The van der Waals surface area contributed by atoms with Gasteiger partial charge in [-0.3, -0.25) is 4.79 Å². The summed E-state index contributed by atoms with van der Waals surface area (Å²) in [6, 6.07) is 16.2. The second kappa shape index (κ2) is 6.94. The van der Waals surface area contributed by atoms with Gasteiger partial charge in [-0.15, -0.1) is 0 Å². The molecule has 0 saturated carbocycles. The molecular formula is C19H20N2OS. The Morgan fingerprint density at radius 1 is 1.13 bits per heavy atom. The molecule has 3 aromatic rings. The average Bonchev–Trinajstić information content (AvgIpc) is 3.08. The molecule has 0 aliphatic rings. The molecule has 0 aliphatic heterocycles. The van der Waals surface area contributed by atoms with Crippen LogP contribution in [0.25, 0.3) is 10.8 Å². The Morgan fingerprint density at radius 3 is 2.61 bits per heavy atom. The summed E-state index contributed by atoms with van der Waals surface area (Å²) in [5.41, 5.74) is 1.94. The lowest BCUT2D eigenvalue weighted by Crippen LogP contribution is -2.34. The van der Waals surface area contributed by atoms with Gasteiger partial charge in [0.15, 0.2) is 0 Å². The fourth-order valence-electron chi connectivity index (χ4n) is 2.69. The molecule has 0 aliphatic carbocycles. The van der Waals surface area contributed by atoms with Gasteiger partial charge in [-0.2, -0.15) is 11.3 Å². The van der Waals surface area contributed by atoms with E-state index in [0.717, 1.165) is 10.8 Å². The molecule has 1 amide bonds. The SMILES string of the molecule is CN(C)[C@H](CNC(=O)c1ccc2ccccc2c1)c1ccsc1. The van der Waals surface area contributed by atoms with E-state index in [0.29, 0.717) is 12.1 Å². The summed E-state index contributed by atoms with van der Waals surface area (Å²) >= 11 is 1.68. The van der Waals surface area contributed by atoms with Crippen LogP contribution in [-0.2, 0) is 0 Å². The van der Waals surface area contributed by atoms with E-state index < -0.39 is 0 Å². The number of hydrogen-bond donors (Lipinski definition) is 1. The molecule has 0 fully saturated rings. The number of carbonyl (C=O) groups excluding carboxylic acids is 1. The highest BCUT2D eigenvalue weighted by Gasteiger charge is 2.16. The van der Waals surface area contributed by atoms with Crippen molar-refractivity contribution >= 4 is 28.0 Å². The molecule has 1 heterocycles. The normalized spacial score (nSPS) is 12.5. The molecule has 2 aromatic carbocycles. The van der Waals surface area contributed by atoms with Crippen LogP contribution in [0.1, 0.15) is 22.0 Å². The Bertz CT molecular complexity index is 796. The van der Waals surface area contributed by atoms with Crippen LogP contribution in [0.15, 0.2) is 59.3 Å². The first-order valence-corrected chi connectivity index (χ1v) is 8.55. The number of likely N-dealkylation sites (N-methyl/N-ethyl adjacent to an activating group) is 1. The zero-order valence-electron chi connectivity index (χ0n) is 13.3. The van der Waals surface area contributed by atoms with E-state index in [1.165, 1.54) is 5.56 Å². The Balaban J connectivity index is 1.72. The predicted octanol–water partition coefficient (Wildman–Crippen LogP) is 3.93. The molecule has 0 saturated heterocycles. The van der Waals surface area contributed by atoms with Crippen molar-refractivity contribution < 1.29 is 4.79 Å². The lowest BCUT2D eigenvalue weighted by Gasteiger charge is -2.24. The molecule has 3 rings (SSSR count). The molecule has 1 aromatic heterocycles. The van der Waals surface area contributed by atoms with E-state index in [-0.39, 0.29) is 11.9 Å². The smallest absolute Gasteiger partial charge is 0.251 e. The van der Waals surface area contributed by atoms with Crippen molar-refractivity contribution in [2.45, 2.75) is 6.04 Å². The number of nitrogens with zero attached hydrogens (tertiary/aromatic N) is 1. The Kier molecular flexibility index (Phi) is 4.74. The van der Waals surface area contributed by atoms with E-state index in [4.69, 9.17) is 0 Å². The highest BCUT2D eigenvalue weighted by molar-refractivity contribution is 7.07. The third-order valence-corrected chi connectivity index (χ3v) is 4.72. The first kappa shape index (κ1) is 15.7. The van der Waals surface area contributed by atoms with Gasteiger partial charge in [0.05, 0.1) is 6.04 Å². The highest BCUT2D eigenvalue weighted by Crippen LogP contribution is 2.20. The molecule has 1 N–H and O–H groups in total. The van der Waals surface area contributed by atoms with E-state index >= 15 is 0 Å². The van der Waals surface area contributed by atoms with Crippen molar-refractivity contribution in [1.82, 2.24) is 10.2 Å². The minimum absolute atomic E-state index is 0.0298. The summed E-state index contributed by atoms with van der Waals surface area (Å²) in [5, 5.41) is 9.49.